The van der Waals surface area contributed by atoms with Gasteiger partial charge in [-0.2, -0.15) is 5.10 Å². The summed E-state index contributed by atoms with van der Waals surface area (Å²) in [5.74, 6) is -0.260. The predicted molar refractivity (Wildman–Crippen MR) is 100 cm³/mol. The van der Waals surface area contributed by atoms with Crippen LogP contribution in [0.3, 0.4) is 0 Å². The number of rotatable bonds is 4. The van der Waals surface area contributed by atoms with Gasteiger partial charge >= 0.3 is 0 Å². The molecular formula is C20H26N4O2. The largest absolute Gasteiger partial charge is 0.283 e. The summed E-state index contributed by atoms with van der Waals surface area (Å²) in [5, 5.41) is 4.24. The van der Waals surface area contributed by atoms with Crippen molar-refractivity contribution < 1.29 is 4.79 Å². The van der Waals surface area contributed by atoms with E-state index in [1.807, 2.05) is 26.0 Å². The first-order valence-corrected chi connectivity index (χ1v) is 9.44. The molecule has 0 radical (unpaired) electrons. The van der Waals surface area contributed by atoms with E-state index in [1.54, 1.807) is 10.8 Å². The Bertz CT molecular complexity index is 905. The third kappa shape index (κ3) is 4.18. The molecule has 26 heavy (non-hydrogen) atoms. The van der Waals surface area contributed by atoms with Gasteiger partial charge in [0.05, 0.1) is 6.04 Å². The third-order valence-corrected chi connectivity index (χ3v) is 4.72. The maximum Gasteiger partial charge on any atom is 0.283 e. The molecule has 2 heterocycles. The van der Waals surface area contributed by atoms with E-state index < -0.39 is 0 Å². The van der Waals surface area contributed by atoms with Gasteiger partial charge in [0.25, 0.3) is 11.5 Å². The highest BCUT2D eigenvalue weighted by Gasteiger charge is 2.15. The van der Waals surface area contributed by atoms with E-state index in [4.69, 9.17) is 4.99 Å². The lowest BCUT2D eigenvalue weighted by molar-refractivity contribution is 0.0946. The van der Waals surface area contributed by atoms with Crippen LogP contribution in [0.2, 0.25) is 0 Å². The molecule has 0 aromatic carbocycles. The topological polar surface area (TPSA) is 69.2 Å². The Morgan fingerprint density at radius 3 is 2.73 bits per heavy atom. The summed E-state index contributed by atoms with van der Waals surface area (Å²) in [4.78, 5) is 29.7. The molecule has 1 fully saturated rings. The molecule has 6 heteroatoms. The molecule has 0 saturated heterocycles. The van der Waals surface area contributed by atoms with Crippen molar-refractivity contribution in [3.8, 4) is 0 Å². The van der Waals surface area contributed by atoms with E-state index >= 15 is 0 Å². The lowest BCUT2D eigenvalue weighted by Crippen LogP contribution is -2.32. The van der Waals surface area contributed by atoms with Gasteiger partial charge in [0.15, 0.2) is 0 Å². The van der Waals surface area contributed by atoms with Crippen LogP contribution in [-0.4, -0.2) is 26.3 Å². The van der Waals surface area contributed by atoms with E-state index in [9.17, 15) is 9.59 Å². The molecule has 2 aromatic heterocycles. The minimum absolute atomic E-state index is 0.190. The summed E-state index contributed by atoms with van der Waals surface area (Å²) < 4.78 is 2.89. The smallest absolute Gasteiger partial charge is 0.268 e. The van der Waals surface area contributed by atoms with Crippen LogP contribution in [0.15, 0.2) is 40.2 Å². The Morgan fingerprint density at radius 2 is 2.00 bits per heavy atom. The van der Waals surface area contributed by atoms with Crippen LogP contribution in [0.4, 0.5) is 0 Å². The molecule has 0 aliphatic heterocycles. The average molecular weight is 354 g/mol. The minimum Gasteiger partial charge on any atom is -0.268 e. The van der Waals surface area contributed by atoms with E-state index in [1.165, 1.54) is 36.1 Å². The molecule has 0 unspecified atom stereocenters. The minimum atomic E-state index is -0.260. The van der Waals surface area contributed by atoms with Crippen LogP contribution < -0.4 is 11.0 Å². The van der Waals surface area contributed by atoms with E-state index in [0.29, 0.717) is 12.0 Å². The van der Waals surface area contributed by atoms with Gasteiger partial charge in [0.1, 0.15) is 11.2 Å². The first-order chi connectivity index (χ1) is 12.6. The van der Waals surface area contributed by atoms with Crippen LogP contribution in [0.5, 0.6) is 0 Å². The quantitative estimate of drug-likeness (QED) is 0.848. The number of nitrogens with zero attached hydrogens (tertiary/aromatic N) is 4. The van der Waals surface area contributed by atoms with Crippen LogP contribution in [0.25, 0.3) is 0 Å². The van der Waals surface area contributed by atoms with Gasteiger partial charge in [-0.1, -0.05) is 26.2 Å². The Kier molecular flexibility index (Phi) is 5.81. The van der Waals surface area contributed by atoms with Crippen molar-refractivity contribution in [2.24, 2.45) is 4.99 Å². The van der Waals surface area contributed by atoms with Crippen molar-refractivity contribution in [2.45, 2.75) is 65.0 Å². The molecule has 0 N–H and O–H groups in total. The molecule has 138 valence electrons. The maximum atomic E-state index is 13.0. The molecule has 1 saturated carbocycles. The summed E-state index contributed by atoms with van der Waals surface area (Å²) >= 11 is 0. The van der Waals surface area contributed by atoms with Crippen LogP contribution in [-0.2, 0) is 6.54 Å². The summed E-state index contributed by atoms with van der Waals surface area (Å²) in [6.45, 7) is 4.46. The van der Waals surface area contributed by atoms with Crippen molar-refractivity contribution in [3.63, 3.8) is 0 Å². The van der Waals surface area contributed by atoms with Gasteiger partial charge in [0, 0.05) is 18.8 Å². The number of aryl methyl sites for hydroxylation is 2. The summed E-state index contributed by atoms with van der Waals surface area (Å²) in [7, 11) is 0. The van der Waals surface area contributed by atoms with Gasteiger partial charge in [-0.15, -0.1) is 0 Å². The molecule has 0 atom stereocenters. The molecule has 1 aliphatic carbocycles. The molecule has 1 aliphatic rings. The molecule has 0 amide bonds. The van der Waals surface area contributed by atoms with Gasteiger partial charge in [-0.25, -0.2) is 4.68 Å². The highest BCUT2D eigenvalue weighted by Crippen LogP contribution is 2.19. The van der Waals surface area contributed by atoms with Crippen LogP contribution >= 0.6 is 0 Å². The predicted octanol–water partition coefficient (Wildman–Crippen LogP) is 2.69. The van der Waals surface area contributed by atoms with Crippen molar-refractivity contribution >= 4 is 5.91 Å². The fourth-order valence-corrected chi connectivity index (χ4v) is 3.32. The lowest BCUT2D eigenvalue weighted by atomic mass is 9.96. The zero-order chi connectivity index (χ0) is 18.5. The number of hydrogen-bond acceptors (Lipinski definition) is 4. The SMILES string of the molecule is CCCn1nc(C(=O)n2ccc(C)cc2=NC2CCCCC2)ccc1=O. The zero-order valence-electron chi connectivity index (χ0n) is 15.5. The van der Waals surface area contributed by atoms with Crippen molar-refractivity contribution in [1.29, 1.82) is 0 Å². The summed E-state index contributed by atoms with van der Waals surface area (Å²) in [5.41, 5.74) is 1.79. The van der Waals surface area contributed by atoms with Crippen LogP contribution in [0, 0.1) is 6.92 Å². The number of carbonyl (C=O) groups is 1. The molecule has 6 nitrogen and oxygen atoms in total. The Labute approximate surface area is 153 Å². The molecule has 0 spiro atoms. The van der Waals surface area contributed by atoms with E-state index in [0.717, 1.165) is 24.8 Å². The second-order valence-electron chi connectivity index (χ2n) is 6.94. The average Bonchev–Trinajstić information content (AvgIpc) is 2.64. The zero-order valence-corrected chi connectivity index (χ0v) is 15.5. The first kappa shape index (κ1) is 18.3. The Balaban J connectivity index is 2.01. The maximum absolute atomic E-state index is 13.0. The van der Waals surface area contributed by atoms with Gasteiger partial charge in [-0.3, -0.25) is 19.1 Å². The van der Waals surface area contributed by atoms with E-state index in [2.05, 4.69) is 5.10 Å². The third-order valence-electron chi connectivity index (χ3n) is 4.72. The fraction of sp³-hybridized carbons (Fsp3) is 0.500. The van der Waals surface area contributed by atoms with Crippen molar-refractivity contribution in [1.82, 2.24) is 14.3 Å². The normalized spacial score (nSPS) is 16.0. The summed E-state index contributed by atoms with van der Waals surface area (Å²) in [6.07, 6.45) is 8.32. The number of hydrogen-bond donors (Lipinski definition) is 0. The first-order valence-electron chi connectivity index (χ1n) is 9.44. The van der Waals surface area contributed by atoms with E-state index in [-0.39, 0.29) is 23.2 Å². The highest BCUT2D eigenvalue weighted by atomic mass is 16.2. The fourth-order valence-electron chi connectivity index (χ4n) is 3.32. The Morgan fingerprint density at radius 1 is 1.23 bits per heavy atom. The second kappa shape index (κ2) is 8.25. The summed E-state index contributed by atoms with van der Waals surface area (Å²) in [6, 6.07) is 7.00. The molecule has 3 rings (SSSR count). The number of aromatic nitrogens is 3. The monoisotopic (exact) mass is 354 g/mol. The van der Waals surface area contributed by atoms with Gasteiger partial charge in [-0.05, 0) is 49.9 Å². The molecular weight excluding hydrogens is 328 g/mol. The van der Waals surface area contributed by atoms with Gasteiger partial charge < -0.3 is 0 Å². The van der Waals surface area contributed by atoms with Crippen molar-refractivity contribution in [3.05, 3.63) is 57.6 Å². The highest BCUT2D eigenvalue weighted by molar-refractivity contribution is 5.93. The lowest BCUT2D eigenvalue weighted by Gasteiger charge is -2.18. The Hall–Kier alpha value is -2.50. The van der Waals surface area contributed by atoms with Crippen molar-refractivity contribution in [2.75, 3.05) is 0 Å². The molecule has 2 aromatic rings. The number of pyridine rings is 1. The van der Waals surface area contributed by atoms with Gasteiger partial charge in [0.2, 0.25) is 0 Å². The van der Waals surface area contributed by atoms with Crippen LogP contribution in [0.1, 0.15) is 61.5 Å². The number of carbonyl (C=O) groups excluding carboxylic acids is 1. The standard InChI is InChI=1S/C20H26N4O2/c1-3-12-24-19(25)10-9-17(22-24)20(26)23-13-11-15(2)14-18(23)21-16-7-5-4-6-8-16/h9-11,13-14,16H,3-8,12H2,1-2H3. The second-order valence-corrected chi connectivity index (χ2v) is 6.94. The molecule has 0 bridgehead atoms.